The van der Waals surface area contributed by atoms with E-state index in [0.717, 1.165) is 67.9 Å². The summed E-state index contributed by atoms with van der Waals surface area (Å²) in [5, 5.41) is 3.28. The molecule has 0 unspecified atom stereocenters. The van der Waals surface area contributed by atoms with Crippen molar-refractivity contribution >= 4 is 33.3 Å². The molecule has 2 fully saturated rings. The van der Waals surface area contributed by atoms with Crippen molar-refractivity contribution in [1.29, 1.82) is 0 Å². The number of nitrogens with zero attached hydrogens (tertiary/aromatic N) is 4. The van der Waals surface area contributed by atoms with E-state index in [4.69, 9.17) is 5.73 Å². The third-order valence-electron chi connectivity index (χ3n) is 6.75. The van der Waals surface area contributed by atoms with E-state index >= 15 is 0 Å². The first kappa shape index (κ1) is 19.5. The van der Waals surface area contributed by atoms with Gasteiger partial charge in [-0.05, 0) is 44.3 Å². The van der Waals surface area contributed by atoms with Crippen LogP contribution >= 0.6 is 11.3 Å². The number of nitrogens with two attached hydrogens (primary N) is 1. The molecule has 2 aliphatic heterocycles. The van der Waals surface area contributed by atoms with Crippen molar-refractivity contribution in [3.05, 3.63) is 42.0 Å². The third kappa shape index (κ3) is 3.26. The first-order valence-electron chi connectivity index (χ1n) is 10.8. The van der Waals surface area contributed by atoms with Crippen LogP contribution in [0, 0.1) is 0 Å². The number of hydrogen-bond donors (Lipinski definition) is 1. The summed E-state index contributed by atoms with van der Waals surface area (Å²) in [7, 11) is 0. The van der Waals surface area contributed by atoms with Gasteiger partial charge < -0.3 is 10.6 Å². The Morgan fingerprint density at radius 2 is 1.73 bits per heavy atom. The van der Waals surface area contributed by atoms with Gasteiger partial charge in [-0.2, -0.15) is 0 Å². The summed E-state index contributed by atoms with van der Waals surface area (Å²) in [5.41, 5.74) is 7.81. The molecule has 6 nitrogen and oxygen atoms in total. The summed E-state index contributed by atoms with van der Waals surface area (Å²) in [4.78, 5) is 27.4. The minimum Gasteiger partial charge on any atom is -0.368 e. The van der Waals surface area contributed by atoms with E-state index in [1.165, 1.54) is 17.5 Å². The first-order valence-corrected chi connectivity index (χ1v) is 11.6. The minimum absolute atomic E-state index is 0.169. The fraction of sp³-hybridized carbons (Fsp3) is 0.435. The molecule has 7 heteroatoms. The van der Waals surface area contributed by atoms with E-state index in [9.17, 15) is 4.79 Å². The summed E-state index contributed by atoms with van der Waals surface area (Å²) in [6.45, 7) is 3.50. The second kappa shape index (κ2) is 7.96. The third-order valence-corrected chi connectivity index (χ3v) is 7.63. The zero-order chi connectivity index (χ0) is 20.6. The normalized spacial score (nSPS) is 19.8. The van der Waals surface area contributed by atoms with E-state index in [2.05, 4.69) is 49.4 Å². The second-order valence-corrected chi connectivity index (χ2v) is 9.18. The van der Waals surface area contributed by atoms with Crippen LogP contribution in [-0.2, 0) is 4.79 Å². The van der Waals surface area contributed by atoms with Gasteiger partial charge in [0.05, 0.1) is 5.39 Å². The number of hydrogen-bond acceptors (Lipinski definition) is 6. The lowest BCUT2D eigenvalue weighted by Crippen LogP contribution is -2.63. The van der Waals surface area contributed by atoms with Crippen LogP contribution in [0.3, 0.4) is 0 Å². The lowest BCUT2D eigenvalue weighted by atomic mass is 9.83. The Balaban J connectivity index is 1.46. The Bertz CT molecular complexity index is 1040. The Morgan fingerprint density at radius 3 is 2.43 bits per heavy atom. The van der Waals surface area contributed by atoms with Crippen LogP contribution in [0.4, 0.5) is 5.82 Å². The number of benzene rings is 1. The number of piperidine rings is 2. The molecule has 0 atom stereocenters. The van der Waals surface area contributed by atoms with Crippen LogP contribution in [0.1, 0.15) is 32.1 Å². The smallest absolute Gasteiger partial charge is 0.238 e. The average Bonchev–Trinajstić information content (AvgIpc) is 3.25. The number of likely N-dealkylation sites (tertiary alicyclic amines) is 1. The fourth-order valence-corrected chi connectivity index (χ4v) is 5.97. The zero-order valence-electron chi connectivity index (χ0n) is 17.1. The zero-order valence-corrected chi connectivity index (χ0v) is 17.9. The van der Waals surface area contributed by atoms with Gasteiger partial charge in [0.25, 0.3) is 0 Å². The standard InChI is InChI=1S/C23H27N5OS/c24-22(29)23(28-11-5-2-6-12-28)9-13-27(14-10-23)20-19-18(17-7-3-1-4-8-17)15-30-21(19)26-16-25-20/h1,3-4,7-8,15-16H,2,5-6,9-14H2,(H2,24,29). The lowest BCUT2D eigenvalue weighted by Gasteiger charge is -2.48. The van der Waals surface area contributed by atoms with Crippen LogP contribution < -0.4 is 10.6 Å². The van der Waals surface area contributed by atoms with Crippen molar-refractivity contribution in [2.45, 2.75) is 37.6 Å². The Morgan fingerprint density at radius 1 is 1.00 bits per heavy atom. The van der Waals surface area contributed by atoms with Crippen molar-refractivity contribution in [3.63, 3.8) is 0 Å². The molecule has 5 rings (SSSR count). The van der Waals surface area contributed by atoms with E-state index in [0.29, 0.717) is 0 Å². The minimum atomic E-state index is -0.514. The van der Waals surface area contributed by atoms with Gasteiger partial charge >= 0.3 is 0 Å². The maximum Gasteiger partial charge on any atom is 0.238 e. The van der Waals surface area contributed by atoms with Crippen molar-refractivity contribution in [2.75, 3.05) is 31.1 Å². The Kier molecular flexibility index (Phi) is 5.16. The molecule has 1 aromatic carbocycles. The number of fused-ring (bicyclic) bond motifs is 1. The average molecular weight is 422 g/mol. The number of carbonyl (C=O) groups is 1. The number of anilines is 1. The van der Waals surface area contributed by atoms with Crippen LogP contribution in [0.15, 0.2) is 42.0 Å². The van der Waals surface area contributed by atoms with Crippen molar-refractivity contribution in [2.24, 2.45) is 5.73 Å². The highest BCUT2D eigenvalue weighted by atomic mass is 32.1. The molecule has 30 heavy (non-hydrogen) atoms. The molecular weight excluding hydrogens is 394 g/mol. The Hall–Kier alpha value is -2.51. The van der Waals surface area contributed by atoms with Gasteiger partial charge in [0.1, 0.15) is 22.5 Å². The molecule has 2 N–H and O–H groups in total. The number of rotatable bonds is 4. The highest BCUT2D eigenvalue weighted by molar-refractivity contribution is 7.17. The van der Waals surface area contributed by atoms with E-state index in [1.54, 1.807) is 17.7 Å². The van der Waals surface area contributed by atoms with Gasteiger partial charge in [-0.3, -0.25) is 9.69 Å². The number of thiophene rings is 1. The molecule has 0 saturated carbocycles. The molecule has 2 saturated heterocycles. The van der Waals surface area contributed by atoms with Gasteiger partial charge in [0.15, 0.2) is 0 Å². The molecule has 4 heterocycles. The van der Waals surface area contributed by atoms with Gasteiger partial charge in [-0.1, -0.05) is 36.8 Å². The highest BCUT2D eigenvalue weighted by Crippen LogP contribution is 2.40. The summed E-state index contributed by atoms with van der Waals surface area (Å²) < 4.78 is 0. The van der Waals surface area contributed by atoms with Crippen LogP contribution in [0.25, 0.3) is 21.3 Å². The molecule has 2 aromatic heterocycles. The monoisotopic (exact) mass is 421 g/mol. The van der Waals surface area contributed by atoms with Crippen LogP contribution in [0.2, 0.25) is 0 Å². The van der Waals surface area contributed by atoms with Gasteiger partial charge in [-0.15, -0.1) is 11.3 Å². The molecular formula is C23H27N5OS. The maximum absolute atomic E-state index is 12.6. The van der Waals surface area contributed by atoms with E-state index < -0.39 is 5.54 Å². The molecule has 0 bridgehead atoms. The van der Waals surface area contributed by atoms with E-state index in [-0.39, 0.29) is 5.91 Å². The quantitative estimate of drug-likeness (QED) is 0.696. The summed E-state index contributed by atoms with van der Waals surface area (Å²) in [6.07, 6.45) is 6.71. The molecule has 0 radical (unpaired) electrons. The van der Waals surface area contributed by atoms with Crippen molar-refractivity contribution in [1.82, 2.24) is 14.9 Å². The first-order chi connectivity index (χ1) is 14.7. The largest absolute Gasteiger partial charge is 0.368 e. The molecule has 3 aromatic rings. The lowest BCUT2D eigenvalue weighted by molar-refractivity contribution is -0.132. The number of primary amides is 1. The molecule has 0 spiro atoms. The summed E-state index contributed by atoms with van der Waals surface area (Å²) in [6, 6.07) is 10.4. The van der Waals surface area contributed by atoms with Gasteiger partial charge in [0.2, 0.25) is 5.91 Å². The van der Waals surface area contributed by atoms with Crippen LogP contribution in [-0.4, -0.2) is 52.5 Å². The predicted octanol–water partition coefficient (Wildman–Crippen LogP) is 3.67. The number of amides is 1. The fourth-order valence-electron chi connectivity index (χ4n) is 5.06. The van der Waals surface area contributed by atoms with Crippen molar-refractivity contribution in [3.8, 4) is 11.1 Å². The molecule has 0 aliphatic carbocycles. The van der Waals surface area contributed by atoms with E-state index in [1.807, 2.05) is 6.07 Å². The maximum atomic E-state index is 12.6. The SMILES string of the molecule is NC(=O)C1(N2CCCCC2)CCN(c2ncnc3scc(-c4ccccc4)c23)CC1. The number of aromatic nitrogens is 2. The van der Waals surface area contributed by atoms with Crippen molar-refractivity contribution < 1.29 is 4.79 Å². The van der Waals surface area contributed by atoms with Gasteiger partial charge in [0, 0.05) is 24.0 Å². The number of carbonyl (C=O) groups excluding carboxylic acids is 1. The molecule has 1 amide bonds. The molecule has 156 valence electrons. The highest BCUT2D eigenvalue weighted by Gasteiger charge is 2.45. The Labute approximate surface area is 180 Å². The van der Waals surface area contributed by atoms with Crippen LogP contribution in [0.5, 0.6) is 0 Å². The topological polar surface area (TPSA) is 75.4 Å². The predicted molar refractivity (Wildman–Crippen MR) is 122 cm³/mol. The summed E-state index contributed by atoms with van der Waals surface area (Å²) >= 11 is 1.65. The summed E-state index contributed by atoms with van der Waals surface area (Å²) in [5.74, 6) is 0.800. The second-order valence-electron chi connectivity index (χ2n) is 8.32. The molecule has 2 aliphatic rings. The van der Waals surface area contributed by atoms with Gasteiger partial charge in [-0.25, -0.2) is 9.97 Å².